The lowest BCUT2D eigenvalue weighted by atomic mass is 9.89. The largest absolute Gasteiger partial charge is 0.545 e. The van der Waals surface area contributed by atoms with Crippen LogP contribution in [0.5, 0.6) is 0 Å². The van der Waals surface area contributed by atoms with E-state index in [1.165, 1.54) is 12.1 Å². The van der Waals surface area contributed by atoms with Gasteiger partial charge in [0, 0.05) is 132 Å². The van der Waals surface area contributed by atoms with Gasteiger partial charge < -0.3 is 96.4 Å². The number of fused-ring (bicyclic) bond motifs is 4. The molecule has 2 heterocycles. The smallest absolute Gasteiger partial charge is 0.251 e. The van der Waals surface area contributed by atoms with Crippen LogP contribution in [0.1, 0.15) is 41.4 Å². The number of benzene rings is 6. The third-order valence-electron chi connectivity index (χ3n) is 15.4. The highest BCUT2D eigenvalue weighted by Gasteiger charge is 2.25. The van der Waals surface area contributed by atoms with E-state index in [1.54, 1.807) is 24.3 Å². The topological polar surface area (TPSA) is 270 Å². The Morgan fingerprint density at radius 1 is 0.375 bits per heavy atom. The fraction of sp³-hybridized carbons (Fsp3) is 0.417. The lowest BCUT2D eigenvalue weighted by Crippen LogP contribution is -2.29. The molecular formula is C72H88N6O18. The number of amides is 2. The van der Waals surface area contributed by atoms with Gasteiger partial charge in [-0.25, -0.2) is 9.15 Å². The highest BCUT2D eigenvalue weighted by molar-refractivity contribution is 6.10. The second-order valence-corrected chi connectivity index (χ2v) is 23.0. The molecule has 96 heavy (non-hydrogen) atoms. The van der Waals surface area contributed by atoms with E-state index in [2.05, 4.69) is 10.6 Å². The lowest BCUT2D eigenvalue weighted by molar-refractivity contribution is -0.256. The number of hydrogen-bond acceptors (Lipinski definition) is 20. The molecule has 0 saturated carbocycles. The lowest BCUT2D eigenvalue weighted by Gasteiger charge is -2.20. The van der Waals surface area contributed by atoms with Crippen molar-refractivity contribution in [3.05, 3.63) is 142 Å². The van der Waals surface area contributed by atoms with Crippen LogP contribution >= 0.6 is 0 Å². The summed E-state index contributed by atoms with van der Waals surface area (Å²) in [6, 6.07) is 32.3. The Hall–Kier alpha value is -8.66. The highest BCUT2D eigenvalue weighted by Crippen LogP contribution is 2.44. The van der Waals surface area contributed by atoms with Crippen LogP contribution in [0.15, 0.2) is 118 Å². The Morgan fingerprint density at radius 2 is 0.667 bits per heavy atom. The van der Waals surface area contributed by atoms with E-state index in [0.717, 1.165) is 44.0 Å². The SMILES string of the molecule is CN(C)c1ccc2c(-c3ccc(C(=O)NCCOCCOCCOCCOCCOCCOCCOCCOCCOCCOCCNC(=O)c4ccc(-c5c6ccc(=[N+](C)C)cc-6oc6cc(N(C)C)ccc56)c(C(=O)[O-])c4)cc3C(=O)[O-])c3ccc(=[N+](C)C)cc-3oc2c1. The number of nitrogens with zero attached hydrogens (tertiary/aromatic N) is 4. The number of carbonyl (C=O) groups excluding carboxylic acids is 4. The van der Waals surface area contributed by atoms with E-state index in [-0.39, 0.29) is 48.6 Å². The summed E-state index contributed by atoms with van der Waals surface area (Å²) in [5, 5.41) is 34.2. The summed E-state index contributed by atoms with van der Waals surface area (Å²) >= 11 is 0. The number of aromatic carboxylic acids is 2. The van der Waals surface area contributed by atoms with Crippen LogP contribution in [0.25, 0.3) is 66.8 Å². The first-order valence-corrected chi connectivity index (χ1v) is 31.9. The average Bonchev–Trinajstić information content (AvgIpc) is 0.754. The maximum atomic E-state index is 13.2. The second-order valence-electron chi connectivity index (χ2n) is 23.0. The molecule has 2 amide bonds. The molecule has 0 saturated heterocycles. The van der Waals surface area contributed by atoms with Crippen molar-refractivity contribution in [2.24, 2.45) is 0 Å². The van der Waals surface area contributed by atoms with E-state index in [9.17, 15) is 29.4 Å². The van der Waals surface area contributed by atoms with Gasteiger partial charge in [0.15, 0.2) is 0 Å². The molecule has 0 fully saturated rings. The Morgan fingerprint density at radius 3 is 0.948 bits per heavy atom. The molecule has 4 aliphatic rings. The van der Waals surface area contributed by atoms with E-state index in [4.69, 9.17) is 56.2 Å². The molecule has 0 spiro atoms. The van der Waals surface area contributed by atoms with Crippen molar-refractivity contribution in [2.45, 2.75) is 0 Å². The molecule has 0 radical (unpaired) electrons. The number of ether oxygens (including phenoxy) is 10. The first-order chi connectivity index (χ1) is 46.5. The molecule has 0 atom stereocenters. The zero-order chi connectivity index (χ0) is 68.3. The zero-order valence-electron chi connectivity index (χ0n) is 56.1. The molecule has 0 unspecified atom stereocenters. The molecule has 4 aromatic carbocycles. The molecule has 2 aliphatic heterocycles. The van der Waals surface area contributed by atoms with Gasteiger partial charge in [0.2, 0.25) is 10.7 Å². The molecule has 0 bridgehead atoms. The van der Waals surface area contributed by atoms with Crippen molar-refractivity contribution < 1.29 is 85.6 Å². The van der Waals surface area contributed by atoms with Gasteiger partial charge in [-0.1, -0.05) is 12.1 Å². The normalized spacial score (nSPS) is 11.5. The quantitative estimate of drug-likeness (QED) is 0.0312. The minimum Gasteiger partial charge on any atom is -0.545 e. The molecule has 2 aliphatic carbocycles. The van der Waals surface area contributed by atoms with Crippen molar-refractivity contribution in [3.8, 4) is 44.9 Å². The van der Waals surface area contributed by atoms with Crippen LogP contribution < -0.4 is 50.5 Å². The highest BCUT2D eigenvalue weighted by atomic mass is 16.6. The van der Waals surface area contributed by atoms with E-state index in [1.807, 2.05) is 148 Å². The minimum atomic E-state index is -1.41. The summed E-state index contributed by atoms with van der Waals surface area (Å²) in [6.45, 7) is 7.89. The number of carboxylic acid groups (broad SMARTS) is 2. The Labute approximate surface area is 558 Å². The maximum Gasteiger partial charge on any atom is 0.251 e. The fourth-order valence-electron chi connectivity index (χ4n) is 10.3. The summed E-state index contributed by atoms with van der Waals surface area (Å²) < 4.78 is 72.4. The summed E-state index contributed by atoms with van der Waals surface area (Å²) in [5.74, 6) is -2.54. The summed E-state index contributed by atoms with van der Waals surface area (Å²) in [4.78, 5) is 55.6. The van der Waals surface area contributed by atoms with Gasteiger partial charge in [-0.3, -0.25) is 9.59 Å². The Bertz CT molecular complexity index is 3710. The van der Waals surface area contributed by atoms with Gasteiger partial charge >= 0.3 is 0 Å². The molecule has 2 N–H and O–H groups in total. The van der Waals surface area contributed by atoms with Gasteiger partial charge in [-0.05, 0) is 71.8 Å². The number of hydrogen-bond donors (Lipinski definition) is 2. The van der Waals surface area contributed by atoms with Crippen molar-refractivity contribution in [1.29, 1.82) is 0 Å². The predicted molar refractivity (Wildman–Crippen MR) is 361 cm³/mol. The van der Waals surface area contributed by atoms with Gasteiger partial charge in [-0.15, -0.1) is 0 Å². The number of carboxylic acids is 2. The molecule has 24 nitrogen and oxygen atoms in total. The van der Waals surface area contributed by atoms with E-state index in [0.29, 0.717) is 164 Å². The summed E-state index contributed by atoms with van der Waals surface area (Å²) in [5.41, 5.74) is 6.71. The fourth-order valence-corrected chi connectivity index (χ4v) is 10.3. The van der Waals surface area contributed by atoms with Crippen molar-refractivity contribution in [2.75, 3.05) is 211 Å². The van der Waals surface area contributed by atoms with Crippen LogP contribution in [0.2, 0.25) is 0 Å². The van der Waals surface area contributed by atoms with Crippen LogP contribution in [0.4, 0.5) is 11.4 Å². The maximum absolute atomic E-state index is 13.2. The van der Waals surface area contributed by atoms with E-state index < -0.39 is 23.8 Å². The third kappa shape index (κ3) is 20.9. The standard InChI is InChI=1S/C72H88N6O18/c1-75(2)51-11-17-57-63(45-51)95-64-46-52(76(3)4)12-18-58(64)67(57)55-15-9-49(43-61(55)71(81)82)69(79)73-21-23-85-25-27-87-29-31-89-33-35-91-37-39-93-41-42-94-40-38-92-36-34-90-32-30-88-28-26-86-24-22-74-70(80)50-10-16-56(62(44-50)72(83)84)68-59-19-13-53(77(5)6)47-65(59)96-66-48-54(78(7)8)14-20-60(66)68/h9-20,43-48H,21-42H2,1-8H3,(H2-2,73,74,79,80,81,82,83,84). The summed E-state index contributed by atoms with van der Waals surface area (Å²) in [6.07, 6.45) is 0. The first kappa shape index (κ1) is 73.2. The third-order valence-corrected chi connectivity index (χ3v) is 15.4. The average molecular weight is 1330 g/mol. The van der Waals surface area contributed by atoms with Crippen molar-refractivity contribution >= 4 is 57.1 Å². The van der Waals surface area contributed by atoms with Crippen LogP contribution in [-0.4, -0.2) is 225 Å². The molecular weight excluding hydrogens is 1240 g/mol. The van der Waals surface area contributed by atoms with Gasteiger partial charge in [0.25, 0.3) is 11.8 Å². The Balaban J connectivity index is 0.573. The monoisotopic (exact) mass is 1320 g/mol. The van der Waals surface area contributed by atoms with Gasteiger partial charge in [-0.2, -0.15) is 0 Å². The number of rotatable bonds is 41. The summed E-state index contributed by atoms with van der Waals surface area (Å²) in [7, 11) is 15.5. The molecule has 24 heteroatoms. The van der Waals surface area contributed by atoms with Crippen LogP contribution in [-0.2, 0) is 47.4 Å². The van der Waals surface area contributed by atoms with E-state index >= 15 is 0 Å². The zero-order valence-corrected chi connectivity index (χ0v) is 56.1. The molecule has 8 rings (SSSR count). The first-order valence-electron chi connectivity index (χ1n) is 31.9. The van der Waals surface area contributed by atoms with Crippen LogP contribution in [0.3, 0.4) is 0 Å². The molecule has 514 valence electrons. The molecule has 4 aromatic rings. The number of carbonyl (C=O) groups is 4. The minimum absolute atomic E-state index is 0.117. The number of nitrogens with one attached hydrogen (secondary N) is 2. The van der Waals surface area contributed by atoms with Gasteiger partial charge in [0.05, 0.1) is 156 Å². The van der Waals surface area contributed by atoms with Crippen LogP contribution in [0, 0.1) is 0 Å². The van der Waals surface area contributed by atoms with Gasteiger partial charge in [0.1, 0.15) is 50.9 Å². The Kier molecular flexibility index (Phi) is 28.6. The second kappa shape index (κ2) is 37.6. The number of anilines is 2. The molecule has 0 aromatic heterocycles. The van der Waals surface area contributed by atoms with Crippen molar-refractivity contribution in [1.82, 2.24) is 19.8 Å². The van der Waals surface area contributed by atoms with Crippen molar-refractivity contribution in [3.63, 3.8) is 0 Å². The predicted octanol–water partition coefficient (Wildman–Crippen LogP) is 3.97.